The molecule has 0 saturated carbocycles. The Labute approximate surface area is 145 Å². The standard InChI is InChI=1S/C17H19ClN4O2/c1-20(9-12-8-19-21(2)10-12)17(24)13-7-16(23)22(11-13)15-6-4-3-5-14(15)18/h3-6,8,10,13H,7,9,11H2,1-2H3/t13-/m0/s1. The summed E-state index contributed by atoms with van der Waals surface area (Å²) in [5, 5.41) is 4.62. The van der Waals surface area contributed by atoms with Gasteiger partial charge in [-0.1, -0.05) is 23.7 Å². The van der Waals surface area contributed by atoms with Gasteiger partial charge in [0.05, 0.1) is 22.8 Å². The quantitative estimate of drug-likeness (QED) is 0.851. The van der Waals surface area contributed by atoms with Gasteiger partial charge in [-0.2, -0.15) is 5.10 Å². The van der Waals surface area contributed by atoms with Gasteiger partial charge in [-0.15, -0.1) is 0 Å². The Morgan fingerprint density at radius 3 is 2.83 bits per heavy atom. The molecular formula is C17H19ClN4O2. The molecule has 3 rings (SSSR count). The van der Waals surface area contributed by atoms with Gasteiger partial charge in [0.15, 0.2) is 0 Å². The van der Waals surface area contributed by atoms with Crippen molar-refractivity contribution in [2.75, 3.05) is 18.5 Å². The number of halogens is 1. The van der Waals surface area contributed by atoms with Gasteiger partial charge < -0.3 is 9.80 Å². The Morgan fingerprint density at radius 2 is 2.17 bits per heavy atom. The van der Waals surface area contributed by atoms with E-state index in [9.17, 15) is 9.59 Å². The van der Waals surface area contributed by atoms with Crippen LogP contribution in [-0.4, -0.2) is 40.1 Å². The average molecular weight is 347 g/mol. The number of hydrogen-bond donors (Lipinski definition) is 0. The molecule has 0 bridgehead atoms. The zero-order valence-electron chi connectivity index (χ0n) is 13.6. The summed E-state index contributed by atoms with van der Waals surface area (Å²) in [6.45, 7) is 0.836. The van der Waals surface area contributed by atoms with E-state index >= 15 is 0 Å². The lowest BCUT2D eigenvalue weighted by atomic mass is 10.1. The molecule has 24 heavy (non-hydrogen) atoms. The third-order valence-corrected chi connectivity index (χ3v) is 4.49. The maximum Gasteiger partial charge on any atom is 0.228 e. The lowest BCUT2D eigenvalue weighted by Crippen LogP contribution is -2.34. The highest BCUT2D eigenvalue weighted by molar-refractivity contribution is 6.33. The minimum absolute atomic E-state index is 0.0400. The van der Waals surface area contributed by atoms with Crippen LogP contribution in [0.2, 0.25) is 5.02 Å². The molecule has 6 nitrogen and oxygen atoms in total. The number of aryl methyl sites for hydroxylation is 1. The molecule has 0 unspecified atom stereocenters. The van der Waals surface area contributed by atoms with Crippen LogP contribution in [0.25, 0.3) is 0 Å². The number of hydrogen-bond acceptors (Lipinski definition) is 3. The number of amides is 2. The molecule has 0 spiro atoms. The minimum atomic E-state index is -0.351. The van der Waals surface area contributed by atoms with E-state index in [1.807, 2.05) is 25.4 Å². The molecule has 1 saturated heterocycles. The van der Waals surface area contributed by atoms with E-state index in [1.165, 1.54) is 0 Å². The number of carbonyl (C=O) groups is 2. The predicted octanol–water partition coefficient (Wildman–Crippen LogP) is 2.08. The van der Waals surface area contributed by atoms with Gasteiger partial charge in [0.1, 0.15) is 0 Å². The summed E-state index contributed by atoms with van der Waals surface area (Å²) in [5.74, 6) is -0.464. The summed E-state index contributed by atoms with van der Waals surface area (Å²) < 4.78 is 1.70. The molecule has 0 N–H and O–H groups in total. The Morgan fingerprint density at radius 1 is 1.42 bits per heavy atom. The SMILES string of the molecule is CN(Cc1cnn(C)c1)C(=O)[C@H]1CC(=O)N(c2ccccc2Cl)C1. The molecule has 1 aliphatic rings. The summed E-state index contributed by atoms with van der Waals surface area (Å²) in [4.78, 5) is 28.2. The van der Waals surface area contributed by atoms with E-state index in [1.54, 1.807) is 39.9 Å². The maximum absolute atomic E-state index is 12.7. The van der Waals surface area contributed by atoms with Gasteiger partial charge in [-0.3, -0.25) is 14.3 Å². The van der Waals surface area contributed by atoms with Gasteiger partial charge in [0.25, 0.3) is 0 Å². The van der Waals surface area contributed by atoms with E-state index < -0.39 is 0 Å². The Bertz CT molecular complexity index is 773. The van der Waals surface area contributed by atoms with Crippen molar-refractivity contribution in [1.82, 2.24) is 14.7 Å². The van der Waals surface area contributed by atoms with Crippen LogP contribution in [0, 0.1) is 5.92 Å². The fraction of sp³-hybridized carbons (Fsp3) is 0.353. The van der Waals surface area contributed by atoms with Gasteiger partial charge in [0.2, 0.25) is 11.8 Å². The first-order valence-electron chi connectivity index (χ1n) is 7.73. The molecule has 0 aliphatic carbocycles. The van der Waals surface area contributed by atoms with Crippen LogP contribution in [0.3, 0.4) is 0 Å². The molecular weight excluding hydrogens is 328 g/mol. The zero-order valence-corrected chi connectivity index (χ0v) is 14.4. The summed E-state index contributed by atoms with van der Waals surface area (Å²) in [7, 11) is 3.58. The van der Waals surface area contributed by atoms with Crippen LogP contribution in [0.1, 0.15) is 12.0 Å². The highest BCUT2D eigenvalue weighted by Crippen LogP contribution is 2.31. The fourth-order valence-corrected chi connectivity index (χ4v) is 3.23. The summed E-state index contributed by atoms with van der Waals surface area (Å²) in [5.41, 5.74) is 1.62. The first kappa shape index (κ1) is 16.5. The van der Waals surface area contributed by atoms with E-state index in [0.29, 0.717) is 23.8 Å². The van der Waals surface area contributed by atoms with Crippen molar-refractivity contribution in [3.63, 3.8) is 0 Å². The number of carbonyl (C=O) groups excluding carboxylic acids is 2. The number of rotatable bonds is 4. The van der Waals surface area contributed by atoms with Crippen LogP contribution in [-0.2, 0) is 23.2 Å². The molecule has 1 atom stereocenters. The van der Waals surface area contributed by atoms with Crippen LogP contribution in [0.5, 0.6) is 0 Å². The molecule has 0 radical (unpaired) electrons. The molecule has 7 heteroatoms. The Kier molecular flexibility index (Phi) is 4.57. The number of nitrogens with zero attached hydrogens (tertiary/aromatic N) is 4. The normalized spacial score (nSPS) is 17.4. The third-order valence-electron chi connectivity index (χ3n) is 4.17. The molecule has 1 fully saturated rings. The number of benzene rings is 1. The van der Waals surface area contributed by atoms with Gasteiger partial charge in [0, 0.05) is 45.4 Å². The minimum Gasteiger partial charge on any atom is -0.341 e. The van der Waals surface area contributed by atoms with E-state index in [0.717, 1.165) is 5.56 Å². The second-order valence-electron chi connectivity index (χ2n) is 6.07. The molecule has 1 aliphatic heterocycles. The average Bonchev–Trinajstić information content (AvgIpc) is 3.13. The smallest absolute Gasteiger partial charge is 0.228 e. The molecule has 1 aromatic heterocycles. The van der Waals surface area contributed by atoms with Crippen molar-refractivity contribution in [3.8, 4) is 0 Å². The molecule has 2 heterocycles. The van der Waals surface area contributed by atoms with Gasteiger partial charge in [-0.25, -0.2) is 0 Å². The summed E-state index contributed by atoms with van der Waals surface area (Å²) in [6, 6.07) is 7.19. The number of para-hydroxylation sites is 1. The van der Waals surface area contributed by atoms with Crippen molar-refractivity contribution < 1.29 is 9.59 Å². The second-order valence-corrected chi connectivity index (χ2v) is 6.48. The Balaban J connectivity index is 1.68. The lowest BCUT2D eigenvalue weighted by Gasteiger charge is -2.21. The van der Waals surface area contributed by atoms with Gasteiger partial charge >= 0.3 is 0 Å². The van der Waals surface area contributed by atoms with Gasteiger partial charge in [-0.05, 0) is 12.1 Å². The molecule has 1 aromatic carbocycles. The second kappa shape index (κ2) is 6.65. The van der Waals surface area contributed by atoms with E-state index in [-0.39, 0.29) is 24.2 Å². The van der Waals surface area contributed by atoms with Crippen molar-refractivity contribution in [1.29, 1.82) is 0 Å². The van der Waals surface area contributed by atoms with Crippen molar-refractivity contribution in [3.05, 3.63) is 47.2 Å². The van der Waals surface area contributed by atoms with E-state index in [4.69, 9.17) is 11.6 Å². The fourth-order valence-electron chi connectivity index (χ4n) is 2.99. The van der Waals surface area contributed by atoms with Crippen molar-refractivity contribution in [2.45, 2.75) is 13.0 Å². The van der Waals surface area contributed by atoms with Crippen molar-refractivity contribution in [2.24, 2.45) is 13.0 Å². The summed E-state index contributed by atoms with van der Waals surface area (Å²) >= 11 is 6.17. The molecule has 2 aromatic rings. The molecule has 2 amide bonds. The monoisotopic (exact) mass is 346 g/mol. The van der Waals surface area contributed by atoms with Crippen LogP contribution in [0.15, 0.2) is 36.7 Å². The van der Waals surface area contributed by atoms with Crippen LogP contribution >= 0.6 is 11.6 Å². The molecule has 126 valence electrons. The largest absolute Gasteiger partial charge is 0.341 e. The topological polar surface area (TPSA) is 58.4 Å². The van der Waals surface area contributed by atoms with Crippen LogP contribution < -0.4 is 4.90 Å². The van der Waals surface area contributed by atoms with E-state index in [2.05, 4.69) is 5.10 Å². The first-order chi connectivity index (χ1) is 11.5. The predicted molar refractivity (Wildman–Crippen MR) is 91.6 cm³/mol. The zero-order chi connectivity index (χ0) is 17.3. The number of anilines is 1. The first-order valence-corrected chi connectivity index (χ1v) is 8.11. The maximum atomic E-state index is 12.7. The third kappa shape index (κ3) is 3.28. The van der Waals surface area contributed by atoms with Crippen LogP contribution in [0.4, 0.5) is 5.69 Å². The highest BCUT2D eigenvalue weighted by atomic mass is 35.5. The lowest BCUT2D eigenvalue weighted by molar-refractivity contribution is -0.135. The summed E-state index contributed by atoms with van der Waals surface area (Å²) in [6.07, 6.45) is 3.82. The highest BCUT2D eigenvalue weighted by Gasteiger charge is 2.37. The number of aromatic nitrogens is 2. The Hall–Kier alpha value is -2.34. The van der Waals surface area contributed by atoms with Crippen molar-refractivity contribution >= 4 is 29.1 Å².